The number of likely N-dealkylation sites (tertiary alicyclic amines) is 1. The highest BCUT2D eigenvalue weighted by Gasteiger charge is 2.38. The predicted octanol–water partition coefficient (Wildman–Crippen LogP) is 5.58. The molecular formula is C27H24F7N5O4. The van der Waals surface area contributed by atoms with E-state index in [0.717, 1.165) is 54.1 Å². The Hall–Kier alpha value is -4.60. The van der Waals surface area contributed by atoms with Crippen molar-refractivity contribution in [3.8, 4) is 11.1 Å². The summed E-state index contributed by atoms with van der Waals surface area (Å²) in [5.41, 5.74) is 3.71. The molecule has 1 fully saturated rings. The van der Waals surface area contributed by atoms with E-state index in [1.807, 2.05) is 47.2 Å². The molecule has 0 bridgehead atoms. The molecule has 43 heavy (non-hydrogen) atoms. The number of nitrogens with zero attached hydrogens (tertiary/aromatic N) is 5. The molecular weight excluding hydrogens is 591 g/mol. The summed E-state index contributed by atoms with van der Waals surface area (Å²) < 4.78 is 79.3. The molecule has 1 aliphatic heterocycles. The van der Waals surface area contributed by atoms with Gasteiger partial charge in [-0.05, 0) is 43.7 Å². The Kier molecular flexibility index (Phi) is 10.7. The van der Waals surface area contributed by atoms with Crippen molar-refractivity contribution >= 4 is 17.6 Å². The molecule has 0 radical (unpaired) electrons. The molecule has 1 unspecified atom stereocenters. The normalized spacial score (nSPS) is 15.6. The maximum Gasteiger partial charge on any atom is 0.490 e. The van der Waals surface area contributed by atoms with Crippen molar-refractivity contribution in [3.05, 3.63) is 84.3 Å². The SMILES string of the molecule is Fc1ccccc1CN1CCCC(c2nc3ccc(-c4cccnc4)cn3n2)C1.O=C(O)C(F)(F)F.O=C(O)C(F)(F)F. The fraction of sp³-hybridized carbons (Fsp3) is 0.296. The van der Waals surface area contributed by atoms with Crippen LogP contribution >= 0.6 is 0 Å². The van der Waals surface area contributed by atoms with E-state index in [1.165, 1.54) is 6.07 Å². The predicted molar refractivity (Wildman–Crippen MR) is 137 cm³/mol. The summed E-state index contributed by atoms with van der Waals surface area (Å²) in [5.74, 6) is -4.52. The third-order valence-electron chi connectivity index (χ3n) is 6.05. The fourth-order valence-corrected chi connectivity index (χ4v) is 4.05. The largest absolute Gasteiger partial charge is 0.490 e. The van der Waals surface area contributed by atoms with Crippen molar-refractivity contribution in [1.82, 2.24) is 24.5 Å². The number of hydrogen-bond donors (Lipinski definition) is 2. The van der Waals surface area contributed by atoms with E-state index in [9.17, 15) is 30.7 Å². The number of aromatic nitrogens is 4. The Bertz CT molecular complexity index is 1500. The van der Waals surface area contributed by atoms with Crippen molar-refractivity contribution in [2.24, 2.45) is 0 Å². The number of benzene rings is 1. The first kappa shape index (κ1) is 32.9. The first-order chi connectivity index (χ1) is 20.1. The molecule has 9 nitrogen and oxygen atoms in total. The van der Waals surface area contributed by atoms with Gasteiger partial charge >= 0.3 is 24.3 Å². The highest BCUT2D eigenvalue weighted by molar-refractivity contribution is 5.73. The quantitative estimate of drug-likeness (QED) is 0.286. The zero-order valence-corrected chi connectivity index (χ0v) is 22.1. The Morgan fingerprint density at radius 1 is 0.907 bits per heavy atom. The van der Waals surface area contributed by atoms with Crippen LogP contribution in [0.5, 0.6) is 0 Å². The van der Waals surface area contributed by atoms with Gasteiger partial charge in [-0.1, -0.05) is 24.3 Å². The summed E-state index contributed by atoms with van der Waals surface area (Å²) in [6.07, 6.45) is -2.43. The molecule has 0 amide bonds. The van der Waals surface area contributed by atoms with E-state index in [2.05, 4.69) is 16.0 Å². The second kappa shape index (κ2) is 14.0. The van der Waals surface area contributed by atoms with E-state index < -0.39 is 24.3 Å². The average molecular weight is 616 g/mol. The summed E-state index contributed by atoms with van der Waals surface area (Å²) in [4.78, 5) is 29.1. The van der Waals surface area contributed by atoms with Crippen molar-refractivity contribution in [3.63, 3.8) is 0 Å². The highest BCUT2D eigenvalue weighted by Crippen LogP contribution is 2.27. The molecule has 16 heteroatoms. The van der Waals surface area contributed by atoms with Crippen LogP contribution in [0.25, 0.3) is 16.8 Å². The Morgan fingerprint density at radius 3 is 2.14 bits per heavy atom. The lowest BCUT2D eigenvalue weighted by Crippen LogP contribution is -2.34. The van der Waals surface area contributed by atoms with Gasteiger partial charge < -0.3 is 10.2 Å². The number of carboxylic acids is 2. The number of rotatable bonds is 4. The molecule has 1 aromatic carbocycles. The van der Waals surface area contributed by atoms with Crippen LogP contribution in [0.4, 0.5) is 30.7 Å². The number of carboxylic acid groups (broad SMARTS) is 2. The first-order valence-corrected chi connectivity index (χ1v) is 12.5. The van der Waals surface area contributed by atoms with Gasteiger partial charge in [-0.2, -0.15) is 31.4 Å². The van der Waals surface area contributed by atoms with E-state index in [0.29, 0.717) is 6.54 Å². The highest BCUT2D eigenvalue weighted by atomic mass is 19.4. The van der Waals surface area contributed by atoms with Gasteiger partial charge in [0.25, 0.3) is 0 Å². The lowest BCUT2D eigenvalue weighted by atomic mass is 9.97. The van der Waals surface area contributed by atoms with E-state index in [-0.39, 0.29) is 11.7 Å². The Labute approximate surface area is 239 Å². The summed E-state index contributed by atoms with van der Waals surface area (Å²) in [6.45, 7) is 2.45. The third kappa shape index (κ3) is 9.73. The number of fused-ring (bicyclic) bond motifs is 1. The van der Waals surface area contributed by atoms with Gasteiger partial charge in [0.05, 0.1) is 0 Å². The minimum absolute atomic E-state index is 0.136. The number of carbonyl (C=O) groups is 2. The molecule has 0 aliphatic carbocycles. The van der Waals surface area contributed by atoms with Gasteiger partial charge in [0.1, 0.15) is 5.82 Å². The van der Waals surface area contributed by atoms with Crippen LogP contribution in [0.3, 0.4) is 0 Å². The van der Waals surface area contributed by atoms with Gasteiger partial charge in [0.15, 0.2) is 11.5 Å². The fourth-order valence-electron chi connectivity index (χ4n) is 4.05. The van der Waals surface area contributed by atoms with E-state index in [1.54, 1.807) is 12.3 Å². The molecule has 230 valence electrons. The molecule has 4 aromatic rings. The summed E-state index contributed by atoms with van der Waals surface area (Å²) in [6, 6.07) is 15.0. The Balaban J connectivity index is 0.000000303. The first-order valence-electron chi connectivity index (χ1n) is 12.5. The summed E-state index contributed by atoms with van der Waals surface area (Å²) in [7, 11) is 0. The standard InChI is InChI=1S/C23H22FN5.2C2HF3O2/c24-21-8-2-1-5-19(21)14-28-12-4-7-20(15-28)23-26-22-10-9-18(16-29(22)27-23)17-6-3-11-25-13-17;2*3-2(4,5)1(6)7/h1-3,5-6,8-11,13,16,20H,4,7,12,14-15H2;2*(H,6,7). The van der Waals surface area contributed by atoms with Crippen molar-refractivity contribution in [2.45, 2.75) is 37.7 Å². The summed E-state index contributed by atoms with van der Waals surface area (Å²) in [5, 5.41) is 19.0. The van der Waals surface area contributed by atoms with E-state index >= 15 is 0 Å². The molecule has 0 spiro atoms. The van der Waals surface area contributed by atoms with Crippen molar-refractivity contribution in [2.75, 3.05) is 13.1 Å². The number of halogens is 7. The lowest BCUT2D eigenvalue weighted by Gasteiger charge is -2.31. The molecule has 0 saturated carbocycles. The van der Waals surface area contributed by atoms with Gasteiger partial charge in [0.2, 0.25) is 0 Å². The second-order valence-electron chi connectivity index (χ2n) is 9.20. The minimum atomic E-state index is -5.08. The van der Waals surface area contributed by atoms with Crippen LogP contribution in [0.2, 0.25) is 0 Å². The van der Waals surface area contributed by atoms with Gasteiger partial charge in [-0.15, -0.1) is 0 Å². The maximum atomic E-state index is 14.0. The van der Waals surface area contributed by atoms with Crippen LogP contribution in [0.15, 0.2) is 67.1 Å². The molecule has 2 N–H and O–H groups in total. The summed E-state index contributed by atoms with van der Waals surface area (Å²) >= 11 is 0. The number of piperidine rings is 1. The van der Waals surface area contributed by atoms with Crippen LogP contribution in [-0.2, 0) is 16.1 Å². The average Bonchev–Trinajstić information content (AvgIpc) is 3.38. The smallest absolute Gasteiger partial charge is 0.475 e. The maximum absolute atomic E-state index is 14.0. The van der Waals surface area contributed by atoms with Gasteiger partial charge in [-0.3, -0.25) is 9.88 Å². The molecule has 1 saturated heterocycles. The van der Waals surface area contributed by atoms with E-state index in [4.69, 9.17) is 29.9 Å². The van der Waals surface area contributed by atoms with Crippen molar-refractivity contribution < 1.29 is 50.5 Å². The van der Waals surface area contributed by atoms with Crippen LogP contribution in [0.1, 0.15) is 30.1 Å². The van der Waals surface area contributed by atoms with Gasteiger partial charge in [0, 0.05) is 54.3 Å². The molecule has 1 aliphatic rings. The zero-order chi connectivity index (χ0) is 31.8. The molecule has 4 heterocycles. The van der Waals surface area contributed by atoms with Gasteiger partial charge in [-0.25, -0.2) is 23.5 Å². The number of pyridine rings is 2. The Morgan fingerprint density at radius 2 is 1.56 bits per heavy atom. The second-order valence-corrected chi connectivity index (χ2v) is 9.20. The third-order valence-corrected chi connectivity index (χ3v) is 6.05. The number of alkyl halides is 6. The number of hydrogen-bond acceptors (Lipinski definition) is 6. The molecule has 5 rings (SSSR count). The lowest BCUT2D eigenvalue weighted by molar-refractivity contribution is -0.193. The number of aliphatic carboxylic acids is 2. The molecule has 3 aromatic heterocycles. The molecule has 1 atom stereocenters. The van der Waals surface area contributed by atoms with Crippen LogP contribution in [-0.4, -0.2) is 72.1 Å². The minimum Gasteiger partial charge on any atom is -0.475 e. The zero-order valence-electron chi connectivity index (χ0n) is 22.1. The van der Waals surface area contributed by atoms with Crippen LogP contribution in [0, 0.1) is 5.82 Å². The monoisotopic (exact) mass is 615 g/mol. The topological polar surface area (TPSA) is 121 Å². The van der Waals surface area contributed by atoms with Crippen molar-refractivity contribution in [1.29, 1.82) is 0 Å². The van der Waals surface area contributed by atoms with Crippen LogP contribution < -0.4 is 0 Å².